The summed E-state index contributed by atoms with van der Waals surface area (Å²) in [6.07, 6.45) is 0. The van der Waals surface area contributed by atoms with Crippen molar-refractivity contribution in [3.05, 3.63) is 65.2 Å². The molecule has 0 spiro atoms. The summed E-state index contributed by atoms with van der Waals surface area (Å²) in [6, 6.07) is 17.2. The molecule has 0 aliphatic rings. The number of nitrogens with zero attached hydrogens (tertiary/aromatic N) is 1. The fourth-order valence-corrected chi connectivity index (χ4v) is 1.74. The lowest BCUT2D eigenvalue weighted by atomic mass is 10.1. The number of benzene rings is 2. The summed E-state index contributed by atoms with van der Waals surface area (Å²) in [4.78, 5) is 0. The average molecular weight is 238 g/mol. The second-order valence-corrected chi connectivity index (χ2v) is 3.87. The third kappa shape index (κ3) is 2.68. The molecule has 0 saturated heterocycles. The average Bonchev–Trinajstić information content (AvgIpc) is 2.45. The van der Waals surface area contributed by atoms with E-state index in [4.69, 9.17) is 15.7 Å². The van der Waals surface area contributed by atoms with Crippen molar-refractivity contribution in [1.82, 2.24) is 0 Å². The van der Waals surface area contributed by atoms with Crippen LogP contribution in [0.25, 0.3) is 0 Å². The number of rotatable bonds is 4. The monoisotopic (exact) mass is 238 g/mol. The first kappa shape index (κ1) is 12.2. The van der Waals surface area contributed by atoms with E-state index < -0.39 is 0 Å². The number of hydrogen-bond donors (Lipinski definition) is 1. The van der Waals surface area contributed by atoms with Crippen LogP contribution in [0, 0.1) is 11.3 Å². The fourth-order valence-electron chi connectivity index (χ4n) is 1.74. The van der Waals surface area contributed by atoms with E-state index in [0.29, 0.717) is 24.5 Å². The molecule has 0 saturated carbocycles. The van der Waals surface area contributed by atoms with Crippen molar-refractivity contribution in [2.45, 2.75) is 13.2 Å². The minimum atomic E-state index is 0.423. The van der Waals surface area contributed by atoms with Crippen LogP contribution in [-0.4, -0.2) is 0 Å². The molecule has 2 rings (SSSR count). The molecule has 3 heteroatoms. The minimum absolute atomic E-state index is 0.423. The highest BCUT2D eigenvalue weighted by atomic mass is 16.5. The van der Waals surface area contributed by atoms with E-state index >= 15 is 0 Å². The Morgan fingerprint density at radius 2 is 1.67 bits per heavy atom. The van der Waals surface area contributed by atoms with Crippen LogP contribution in [-0.2, 0) is 13.2 Å². The molecule has 3 nitrogen and oxygen atoms in total. The molecule has 0 fully saturated rings. The van der Waals surface area contributed by atoms with Gasteiger partial charge in [-0.15, -0.1) is 0 Å². The zero-order valence-electron chi connectivity index (χ0n) is 9.97. The summed E-state index contributed by atoms with van der Waals surface area (Å²) >= 11 is 0. The maximum atomic E-state index is 8.97. The Kier molecular flexibility index (Phi) is 3.95. The van der Waals surface area contributed by atoms with Crippen LogP contribution < -0.4 is 10.5 Å². The topological polar surface area (TPSA) is 59.0 Å². The van der Waals surface area contributed by atoms with Gasteiger partial charge in [0.15, 0.2) is 0 Å². The lowest BCUT2D eigenvalue weighted by Gasteiger charge is -2.10. The smallest absolute Gasteiger partial charge is 0.137 e. The quantitative estimate of drug-likeness (QED) is 0.890. The first-order chi connectivity index (χ1) is 8.85. The van der Waals surface area contributed by atoms with Crippen LogP contribution in [0.3, 0.4) is 0 Å². The van der Waals surface area contributed by atoms with Crippen LogP contribution in [0.2, 0.25) is 0 Å². The molecule has 0 unspecified atom stereocenters. The highest BCUT2D eigenvalue weighted by molar-refractivity contribution is 5.42. The van der Waals surface area contributed by atoms with Gasteiger partial charge >= 0.3 is 0 Å². The van der Waals surface area contributed by atoms with Crippen LogP contribution in [0.15, 0.2) is 48.5 Å². The van der Waals surface area contributed by atoms with E-state index in [9.17, 15) is 0 Å². The molecule has 0 heterocycles. The summed E-state index contributed by atoms with van der Waals surface area (Å²) < 4.78 is 5.68. The van der Waals surface area contributed by atoms with Crippen molar-refractivity contribution in [3.8, 4) is 11.8 Å². The molecule has 18 heavy (non-hydrogen) atoms. The summed E-state index contributed by atoms with van der Waals surface area (Å²) in [5, 5.41) is 8.97. The van der Waals surface area contributed by atoms with Crippen LogP contribution in [0.5, 0.6) is 5.75 Å². The molecule has 0 bridgehead atoms. The molecule has 2 aromatic carbocycles. The van der Waals surface area contributed by atoms with Crippen molar-refractivity contribution in [1.29, 1.82) is 5.26 Å². The molecule has 0 aliphatic heterocycles. The Morgan fingerprint density at radius 1 is 1.00 bits per heavy atom. The van der Waals surface area contributed by atoms with Gasteiger partial charge in [0.25, 0.3) is 0 Å². The van der Waals surface area contributed by atoms with Gasteiger partial charge in [-0.2, -0.15) is 5.26 Å². The van der Waals surface area contributed by atoms with Crippen molar-refractivity contribution in [3.63, 3.8) is 0 Å². The molecule has 2 N–H and O–H groups in total. The lowest BCUT2D eigenvalue weighted by molar-refractivity contribution is 0.304. The summed E-state index contributed by atoms with van der Waals surface area (Å²) in [5.74, 6) is 0.604. The third-order valence-corrected chi connectivity index (χ3v) is 2.73. The predicted molar refractivity (Wildman–Crippen MR) is 69.8 cm³/mol. The third-order valence-electron chi connectivity index (χ3n) is 2.73. The Morgan fingerprint density at radius 3 is 2.39 bits per heavy atom. The van der Waals surface area contributed by atoms with Gasteiger partial charge in [-0.05, 0) is 23.3 Å². The second-order valence-electron chi connectivity index (χ2n) is 3.87. The number of hydrogen-bond acceptors (Lipinski definition) is 3. The van der Waals surface area contributed by atoms with Gasteiger partial charge in [-0.25, -0.2) is 0 Å². The summed E-state index contributed by atoms with van der Waals surface area (Å²) in [7, 11) is 0. The lowest BCUT2D eigenvalue weighted by Crippen LogP contribution is -2.04. The Balaban J connectivity index is 2.14. The number of para-hydroxylation sites is 1. The molecule has 0 aromatic heterocycles. The molecule has 2 aromatic rings. The zero-order valence-corrected chi connectivity index (χ0v) is 9.97. The van der Waals surface area contributed by atoms with Crippen LogP contribution in [0.4, 0.5) is 0 Å². The van der Waals surface area contributed by atoms with Crippen LogP contribution >= 0.6 is 0 Å². The predicted octanol–water partition coefficient (Wildman–Crippen LogP) is 2.60. The van der Waals surface area contributed by atoms with Crippen molar-refractivity contribution in [2.75, 3.05) is 0 Å². The molecule has 90 valence electrons. The van der Waals surface area contributed by atoms with Gasteiger partial charge in [0.05, 0.1) is 5.56 Å². The highest BCUT2D eigenvalue weighted by Crippen LogP contribution is 2.19. The summed E-state index contributed by atoms with van der Waals surface area (Å²) in [6.45, 7) is 0.908. The van der Waals surface area contributed by atoms with E-state index in [2.05, 4.69) is 6.07 Å². The molecule has 0 atom stereocenters. The van der Waals surface area contributed by atoms with E-state index in [1.807, 2.05) is 36.4 Å². The SMILES string of the molecule is N#Cc1ccccc1OCc1ccccc1CN. The Bertz CT molecular complexity index is 573. The Hall–Kier alpha value is -2.31. The molecule has 0 radical (unpaired) electrons. The molecular formula is C15H14N2O. The number of nitriles is 1. The van der Waals surface area contributed by atoms with Gasteiger partial charge in [-0.3, -0.25) is 0 Å². The van der Waals surface area contributed by atoms with Gasteiger partial charge in [0.2, 0.25) is 0 Å². The first-order valence-electron chi connectivity index (χ1n) is 5.74. The van der Waals surface area contributed by atoms with E-state index in [1.54, 1.807) is 12.1 Å². The van der Waals surface area contributed by atoms with E-state index in [0.717, 1.165) is 11.1 Å². The van der Waals surface area contributed by atoms with Crippen molar-refractivity contribution in [2.24, 2.45) is 5.73 Å². The van der Waals surface area contributed by atoms with E-state index in [1.165, 1.54) is 0 Å². The van der Waals surface area contributed by atoms with Gasteiger partial charge in [-0.1, -0.05) is 36.4 Å². The first-order valence-corrected chi connectivity index (χ1v) is 5.74. The molecular weight excluding hydrogens is 224 g/mol. The zero-order chi connectivity index (χ0) is 12.8. The fraction of sp³-hybridized carbons (Fsp3) is 0.133. The number of ether oxygens (including phenoxy) is 1. The normalized spacial score (nSPS) is 9.78. The molecule has 0 amide bonds. The summed E-state index contributed by atoms with van der Waals surface area (Å²) in [5.41, 5.74) is 8.32. The van der Waals surface area contributed by atoms with Crippen LogP contribution in [0.1, 0.15) is 16.7 Å². The van der Waals surface area contributed by atoms with Gasteiger partial charge < -0.3 is 10.5 Å². The van der Waals surface area contributed by atoms with E-state index in [-0.39, 0.29) is 0 Å². The Labute approximate surface area is 106 Å². The number of nitrogens with two attached hydrogens (primary N) is 1. The van der Waals surface area contributed by atoms with Gasteiger partial charge in [0, 0.05) is 6.54 Å². The van der Waals surface area contributed by atoms with Crippen molar-refractivity contribution >= 4 is 0 Å². The highest BCUT2D eigenvalue weighted by Gasteiger charge is 2.04. The second kappa shape index (κ2) is 5.85. The minimum Gasteiger partial charge on any atom is -0.488 e. The largest absolute Gasteiger partial charge is 0.488 e. The molecule has 0 aliphatic carbocycles. The van der Waals surface area contributed by atoms with Crippen molar-refractivity contribution < 1.29 is 4.74 Å². The standard InChI is InChI=1S/C15H14N2O/c16-9-12-5-1-2-7-14(12)11-18-15-8-4-3-6-13(15)10-17/h1-8H,9,11,16H2. The maximum Gasteiger partial charge on any atom is 0.137 e. The van der Waals surface area contributed by atoms with Gasteiger partial charge in [0.1, 0.15) is 18.4 Å². The maximum absolute atomic E-state index is 8.97.